The molecule has 0 aromatic rings. The lowest BCUT2D eigenvalue weighted by molar-refractivity contribution is -0.167. The van der Waals surface area contributed by atoms with Crippen LogP contribution in [-0.4, -0.2) is 37.2 Å². The maximum Gasteiger partial charge on any atom is 0.306 e. The molecule has 0 amide bonds. The van der Waals surface area contributed by atoms with Gasteiger partial charge in [-0.25, -0.2) is 0 Å². The van der Waals surface area contributed by atoms with Gasteiger partial charge in [-0.15, -0.1) is 0 Å². The van der Waals surface area contributed by atoms with E-state index < -0.39 is 6.10 Å². The van der Waals surface area contributed by atoms with Gasteiger partial charge in [0.25, 0.3) is 0 Å². The van der Waals surface area contributed by atoms with Crippen molar-refractivity contribution < 1.29 is 28.6 Å². The minimum Gasteiger partial charge on any atom is -0.462 e. The Balaban J connectivity index is 4.29. The third-order valence-electron chi connectivity index (χ3n) is 12.3. The molecule has 0 aliphatic heterocycles. The van der Waals surface area contributed by atoms with Gasteiger partial charge in [0.15, 0.2) is 6.10 Å². The molecule has 0 saturated heterocycles. The van der Waals surface area contributed by atoms with E-state index in [2.05, 4.69) is 27.7 Å². The lowest BCUT2D eigenvalue weighted by atomic mass is 10.0. The van der Waals surface area contributed by atoms with Crippen LogP contribution in [0.1, 0.15) is 304 Å². The average molecular weight is 849 g/mol. The molecule has 0 bridgehead atoms. The van der Waals surface area contributed by atoms with Crippen LogP contribution >= 0.6 is 0 Å². The smallest absolute Gasteiger partial charge is 0.306 e. The maximum absolute atomic E-state index is 12.8. The lowest BCUT2D eigenvalue weighted by Crippen LogP contribution is -2.30. The van der Waals surface area contributed by atoms with Crippen LogP contribution in [0.5, 0.6) is 0 Å². The molecule has 0 spiro atoms. The van der Waals surface area contributed by atoms with E-state index in [9.17, 15) is 14.4 Å². The van der Waals surface area contributed by atoms with Gasteiger partial charge in [-0.05, 0) is 25.2 Å². The van der Waals surface area contributed by atoms with Gasteiger partial charge >= 0.3 is 17.9 Å². The minimum atomic E-state index is -0.760. The molecule has 0 heterocycles. The van der Waals surface area contributed by atoms with E-state index in [0.717, 1.165) is 63.7 Å². The van der Waals surface area contributed by atoms with E-state index >= 15 is 0 Å². The molecule has 0 aliphatic rings. The molecule has 0 radical (unpaired) electrons. The predicted octanol–water partition coefficient (Wildman–Crippen LogP) is 17.5. The van der Waals surface area contributed by atoms with Gasteiger partial charge in [0.1, 0.15) is 13.2 Å². The zero-order chi connectivity index (χ0) is 43.8. The predicted molar refractivity (Wildman–Crippen MR) is 257 cm³/mol. The summed E-state index contributed by atoms with van der Waals surface area (Å²) in [5.41, 5.74) is 0. The van der Waals surface area contributed by atoms with Gasteiger partial charge in [-0.3, -0.25) is 14.4 Å². The Morgan fingerprint density at radius 1 is 0.317 bits per heavy atom. The van der Waals surface area contributed by atoms with E-state index in [0.29, 0.717) is 19.3 Å². The summed E-state index contributed by atoms with van der Waals surface area (Å²) in [7, 11) is 0. The molecule has 60 heavy (non-hydrogen) atoms. The molecule has 0 saturated carbocycles. The summed E-state index contributed by atoms with van der Waals surface area (Å²) < 4.78 is 16.8. The first-order valence-electron chi connectivity index (χ1n) is 26.9. The Morgan fingerprint density at radius 3 is 0.817 bits per heavy atom. The van der Waals surface area contributed by atoms with Gasteiger partial charge in [0, 0.05) is 19.3 Å². The molecular weight excluding hydrogens is 745 g/mol. The number of hydrogen-bond donors (Lipinski definition) is 0. The van der Waals surface area contributed by atoms with E-state index in [-0.39, 0.29) is 31.1 Å². The van der Waals surface area contributed by atoms with Crippen LogP contribution < -0.4 is 0 Å². The molecule has 0 aliphatic carbocycles. The minimum absolute atomic E-state index is 0.0623. The highest BCUT2D eigenvalue weighted by Crippen LogP contribution is 2.17. The molecule has 1 atom stereocenters. The highest BCUT2D eigenvalue weighted by atomic mass is 16.6. The second kappa shape index (κ2) is 48.4. The maximum atomic E-state index is 12.8. The average Bonchev–Trinajstić information content (AvgIpc) is 3.23. The Labute approximate surface area is 374 Å². The van der Waals surface area contributed by atoms with Crippen LogP contribution in [-0.2, 0) is 28.6 Å². The molecule has 0 rings (SSSR count). The monoisotopic (exact) mass is 849 g/mol. The van der Waals surface area contributed by atoms with E-state index in [1.807, 2.05) is 0 Å². The molecule has 0 unspecified atom stereocenters. The van der Waals surface area contributed by atoms with Gasteiger partial charge in [-0.2, -0.15) is 0 Å². The molecule has 0 aromatic carbocycles. The normalized spacial score (nSPS) is 11.9. The van der Waals surface area contributed by atoms with E-state index in [1.54, 1.807) is 0 Å². The zero-order valence-corrected chi connectivity index (χ0v) is 40.9. The van der Waals surface area contributed by atoms with Gasteiger partial charge in [-0.1, -0.05) is 265 Å². The first-order valence-corrected chi connectivity index (χ1v) is 26.9. The number of hydrogen-bond acceptors (Lipinski definition) is 6. The molecular formula is C54H104O6. The molecule has 6 nitrogen and oxygen atoms in total. The van der Waals surface area contributed by atoms with Crippen molar-refractivity contribution in [2.45, 2.75) is 310 Å². The van der Waals surface area contributed by atoms with Crippen LogP contribution in [0.25, 0.3) is 0 Å². The summed E-state index contributed by atoms with van der Waals surface area (Å²) in [6.07, 6.45) is 50.8. The van der Waals surface area contributed by atoms with Crippen molar-refractivity contribution >= 4 is 17.9 Å². The Hall–Kier alpha value is -1.59. The summed E-state index contributed by atoms with van der Waals surface area (Å²) in [6, 6.07) is 0. The first-order chi connectivity index (χ1) is 29.4. The fourth-order valence-corrected chi connectivity index (χ4v) is 8.22. The van der Waals surface area contributed by atoms with Gasteiger partial charge < -0.3 is 14.2 Å². The quantitative estimate of drug-likeness (QED) is 0.0345. The van der Waals surface area contributed by atoms with Crippen LogP contribution in [0.15, 0.2) is 0 Å². The molecule has 0 N–H and O–H groups in total. The Kier molecular flexibility index (Phi) is 47.2. The number of esters is 3. The number of carbonyl (C=O) groups excluding carboxylic acids is 3. The standard InChI is InChI=1S/C54H104O6/c1-5-7-9-11-13-15-17-18-19-22-26-30-34-38-42-46-53(56)59-49-51(48-58-52(55)45-41-37-33-29-24-16-14-12-10-8-6-2)60-54(57)47-43-39-35-31-27-23-20-21-25-28-32-36-40-44-50(3)4/h50-51H,5-49H2,1-4H3/t51-/m1/s1. The van der Waals surface area contributed by atoms with Gasteiger partial charge in [0.05, 0.1) is 0 Å². The summed E-state index contributed by atoms with van der Waals surface area (Å²) in [6.45, 7) is 9.04. The van der Waals surface area contributed by atoms with Crippen molar-refractivity contribution in [1.29, 1.82) is 0 Å². The second-order valence-corrected chi connectivity index (χ2v) is 19.0. The molecule has 0 aromatic heterocycles. The number of ether oxygens (including phenoxy) is 3. The summed E-state index contributed by atoms with van der Waals surface area (Å²) >= 11 is 0. The van der Waals surface area contributed by atoms with Crippen molar-refractivity contribution in [3.8, 4) is 0 Å². The number of rotatable bonds is 49. The van der Waals surface area contributed by atoms with E-state index in [4.69, 9.17) is 14.2 Å². The SMILES string of the molecule is CCCCCCCCCCCCCCCCCC(=O)OC[C@@H](COC(=O)CCCCCCCCCCCCC)OC(=O)CCCCCCCCCCCCCCCC(C)C. The van der Waals surface area contributed by atoms with Crippen LogP contribution in [0.3, 0.4) is 0 Å². The number of unbranched alkanes of at least 4 members (excludes halogenated alkanes) is 36. The lowest BCUT2D eigenvalue weighted by Gasteiger charge is -2.18. The molecule has 0 fully saturated rings. The summed E-state index contributed by atoms with van der Waals surface area (Å²) in [4.78, 5) is 38.0. The topological polar surface area (TPSA) is 78.9 Å². The molecule has 6 heteroatoms. The highest BCUT2D eigenvalue weighted by molar-refractivity contribution is 5.71. The first kappa shape index (κ1) is 58.4. The summed E-state index contributed by atoms with van der Waals surface area (Å²) in [5, 5.41) is 0. The molecule has 356 valence electrons. The van der Waals surface area contributed by atoms with E-state index in [1.165, 1.54) is 199 Å². The van der Waals surface area contributed by atoms with Crippen molar-refractivity contribution in [3.63, 3.8) is 0 Å². The number of carbonyl (C=O) groups is 3. The fraction of sp³-hybridized carbons (Fsp3) is 0.944. The van der Waals surface area contributed by atoms with Crippen LogP contribution in [0, 0.1) is 5.92 Å². The zero-order valence-electron chi connectivity index (χ0n) is 40.9. The fourth-order valence-electron chi connectivity index (χ4n) is 8.22. The van der Waals surface area contributed by atoms with Gasteiger partial charge in [0.2, 0.25) is 0 Å². The summed E-state index contributed by atoms with van der Waals surface area (Å²) in [5.74, 6) is -0.00318. The third kappa shape index (κ3) is 47.5. The second-order valence-electron chi connectivity index (χ2n) is 19.0. The Morgan fingerprint density at radius 2 is 0.550 bits per heavy atom. The van der Waals surface area contributed by atoms with Crippen molar-refractivity contribution in [1.82, 2.24) is 0 Å². The highest BCUT2D eigenvalue weighted by Gasteiger charge is 2.19. The Bertz CT molecular complexity index is 903. The third-order valence-corrected chi connectivity index (χ3v) is 12.3. The van der Waals surface area contributed by atoms with Crippen molar-refractivity contribution in [2.24, 2.45) is 5.92 Å². The largest absolute Gasteiger partial charge is 0.462 e. The van der Waals surface area contributed by atoms with Crippen LogP contribution in [0.4, 0.5) is 0 Å². The van der Waals surface area contributed by atoms with Crippen LogP contribution in [0.2, 0.25) is 0 Å². The van der Waals surface area contributed by atoms with Crippen molar-refractivity contribution in [2.75, 3.05) is 13.2 Å². The van der Waals surface area contributed by atoms with Crippen molar-refractivity contribution in [3.05, 3.63) is 0 Å².